The molecule has 1 amide bonds. The summed E-state index contributed by atoms with van der Waals surface area (Å²) >= 11 is 0. The number of carbonyl (C=O) groups is 1. The van der Waals surface area contributed by atoms with Crippen LogP contribution in [0, 0.1) is 5.82 Å². The van der Waals surface area contributed by atoms with E-state index >= 15 is 0 Å². The van der Waals surface area contributed by atoms with Crippen molar-refractivity contribution >= 4 is 5.91 Å². The molecule has 1 aliphatic heterocycles. The second-order valence-electron chi connectivity index (χ2n) is 6.98. The minimum Gasteiger partial charge on any atom is -0.371 e. The Morgan fingerprint density at radius 2 is 1.90 bits per heavy atom. The number of rotatable bonds is 8. The zero-order chi connectivity index (χ0) is 20.9. The molecule has 0 N–H and O–H groups in total. The Morgan fingerprint density at radius 3 is 2.48 bits per heavy atom. The summed E-state index contributed by atoms with van der Waals surface area (Å²) in [6.07, 6.45) is -1.84. The first-order valence-corrected chi connectivity index (χ1v) is 9.48. The van der Waals surface area contributed by atoms with Crippen molar-refractivity contribution in [1.29, 1.82) is 0 Å². The van der Waals surface area contributed by atoms with Crippen LogP contribution in [0.2, 0.25) is 0 Å². The van der Waals surface area contributed by atoms with Gasteiger partial charge in [0.1, 0.15) is 11.9 Å². The van der Waals surface area contributed by atoms with Gasteiger partial charge in [-0.25, -0.2) is 4.39 Å². The summed E-state index contributed by atoms with van der Waals surface area (Å²) in [6, 6.07) is 8.59. The molecule has 1 aromatic carbocycles. The van der Waals surface area contributed by atoms with Gasteiger partial charge in [-0.05, 0) is 42.2 Å². The number of pyridine rings is 1. The van der Waals surface area contributed by atoms with Gasteiger partial charge in [-0.15, -0.1) is 0 Å². The molecule has 29 heavy (non-hydrogen) atoms. The normalized spacial score (nSPS) is 16.8. The van der Waals surface area contributed by atoms with E-state index in [1.54, 1.807) is 29.4 Å². The van der Waals surface area contributed by atoms with Crippen LogP contribution in [0.4, 0.5) is 17.6 Å². The molecule has 0 unspecified atom stereocenters. The highest BCUT2D eigenvalue weighted by atomic mass is 19.4. The number of hydrogen-bond acceptors (Lipinski definition) is 3. The highest BCUT2D eigenvalue weighted by Crippen LogP contribution is 2.39. The molecule has 0 radical (unpaired) electrons. The van der Waals surface area contributed by atoms with Crippen LogP contribution in [0.1, 0.15) is 49.0 Å². The lowest BCUT2D eigenvalue weighted by Gasteiger charge is -2.35. The van der Waals surface area contributed by atoms with E-state index in [1.807, 2.05) is 0 Å². The van der Waals surface area contributed by atoms with E-state index < -0.39 is 30.6 Å². The minimum atomic E-state index is -4.26. The third kappa shape index (κ3) is 5.76. The fourth-order valence-electron chi connectivity index (χ4n) is 3.54. The molecule has 2 atom stereocenters. The van der Waals surface area contributed by atoms with E-state index in [4.69, 9.17) is 4.74 Å². The maximum atomic E-state index is 13.4. The van der Waals surface area contributed by atoms with Gasteiger partial charge in [-0.2, -0.15) is 13.2 Å². The zero-order valence-corrected chi connectivity index (χ0v) is 15.7. The topological polar surface area (TPSA) is 42.4 Å². The van der Waals surface area contributed by atoms with E-state index in [0.29, 0.717) is 30.5 Å². The SMILES string of the molecule is O=C1CCCN1[C@@H](c1cccnc1)[C@H](OCCCC(F)(F)F)c1ccc(F)cc1. The molecule has 0 spiro atoms. The number of ether oxygens (including phenoxy) is 1. The molecule has 8 heteroatoms. The molecule has 1 aromatic heterocycles. The molecule has 0 saturated carbocycles. The Bertz CT molecular complexity index is 797. The maximum Gasteiger partial charge on any atom is 0.389 e. The number of likely N-dealkylation sites (tertiary alicyclic amines) is 1. The highest BCUT2D eigenvalue weighted by molar-refractivity contribution is 5.78. The monoisotopic (exact) mass is 410 g/mol. The van der Waals surface area contributed by atoms with E-state index in [-0.39, 0.29) is 18.9 Å². The number of hydrogen-bond donors (Lipinski definition) is 0. The molecular formula is C21H22F4N2O2. The molecular weight excluding hydrogens is 388 g/mol. The van der Waals surface area contributed by atoms with Gasteiger partial charge >= 0.3 is 6.18 Å². The Labute approximate surface area is 166 Å². The molecule has 1 aliphatic rings. The van der Waals surface area contributed by atoms with Crippen LogP contribution in [0.25, 0.3) is 0 Å². The molecule has 1 fully saturated rings. The molecule has 2 aromatic rings. The van der Waals surface area contributed by atoms with Crippen molar-refractivity contribution in [2.45, 2.75) is 44.0 Å². The molecule has 2 heterocycles. The van der Waals surface area contributed by atoms with Gasteiger partial charge in [0, 0.05) is 38.4 Å². The lowest BCUT2D eigenvalue weighted by molar-refractivity contribution is -0.141. The average Bonchev–Trinajstić information content (AvgIpc) is 3.10. The summed E-state index contributed by atoms with van der Waals surface area (Å²) in [7, 11) is 0. The summed E-state index contributed by atoms with van der Waals surface area (Å²) in [5.74, 6) is -0.482. The molecule has 4 nitrogen and oxygen atoms in total. The third-order valence-corrected chi connectivity index (χ3v) is 4.86. The highest BCUT2D eigenvalue weighted by Gasteiger charge is 2.36. The van der Waals surface area contributed by atoms with Crippen LogP contribution in [0.3, 0.4) is 0 Å². The summed E-state index contributed by atoms with van der Waals surface area (Å²) in [5, 5.41) is 0. The first-order valence-electron chi connectivity index (χ1n) is 9.48. The minimum absolute atomic E-state index is 0.0511. The quantitative estimate of drug-likeness (QED) is 0.455. The second-order valence-corrected chi connectivity index (χ2v) is 6.98. The Morgan fingerprint density at radius 1 is 1.14 bits per heavy atom. The van der Waals surface area contributed by atoms with Gasteiger partial charge in [0.05, 0.1) is 6.04 Å². The molecule has 3 rings (SSSR count). The number of amides is 1. The van der Waals surface area contributed by atoms with Gasteiger partial charge < -0.3 is 9.64 Å². The summed E-state index contributed by atoms with van der Waals surface area (Å²) in [5.41, 5.74) is 1.31. The van der Waals surface area contributed by atoms with Crippen LogP contribution in [0.15, 0.2) is 48.8 Å². The van der Waals surface area contributed by atoms with Crippen molar-refractivity contribution < 1.29 is 27.1 Å². The fraction of sp³-hybridized carbons (Fsp3) is 0.429. The van der Waals surface area contributed by atoms with Crippen molar-refractivity contribution in [2.75, 3.05) is 13.2 Å². The fourth-order valence-corrected chi connectivity index (χ4v) is 3.54. The molecule has 1 saturated heterocycles. The molecule has 0 bridgehead atoms. The van der Waals surface area contributed by atoms with Gasteiger partial charge in [-0.1, -0.05) is 18.2 Å². The van der Waals surface area contributed by atoms with Gasteiger partial charge in [-0.3, -0.25) is 9.78 Å². The van der Waals surface area contributed by atoms with Gasteiger partial charge in [0.25, 0.3) is 0 Å². The number of nitrogens with zero attached hydrogens (tertiary/aromatic N) is 2. The van der Waals surface area contributed by atoms with E-state index in [0.717, 1.165) is 0 Å². The number of benzene rings is 1. The maximum absolute atomic E-state index is 13.4. The standard InChI is InChI=1S/C21H22F4N2O2/c22-17-8-6-15(7-9-17)20(29-13-3-10-21(23,24)25)19(16-4-1-11-26-14-16)27-12-2-5-18(27)28/h1,4,6-9,11,14,19-20H,2-3,5,10,12-13H2/t19-,20+/m0/s1. The summed E-state index contributed by atoms with van der Waals surface area (Å²) < 4.78 is 56.9. The average molecular weight is 410 g/mol. The first-order chi connectivity index (χ1) is 13.8. The first kappa shape index (κ1) is 21.2. The Kier molecular flexibility index (Phi) is 6.84. The lowest BCUT2D eigenvalue weighted by Crippen LogP contribution is -2.35. The van der Waals surface area contributed by atoms with Crippen molar-refractivity contribution in [3.63, 3.8) is 0 Å². The van der Waals surface area contributed by atoms with Crippen LogP contribution >= 0.6 is 0 Å². The van der Waals surface area contributed by atoms with Crippen LogP contribution in [-0.4, -0.2) is 35.1 Å². The third-order valence-electron chi connectivity index (χ3n) is 4.86. The predicted molar refractivity (Wildman–Crippen MR) is 98.3 cm³/mol. The Hall–Kier alpha value is -2.48. The van der Waals surface area contributed by atoms with E-state index in [1.165, 1.54) is 24.3 Å². The number of aromatic nitrogens is 1. The van der Waals surface area contributed by atoms with Crippen molar-refractivity contribution in [3.8, 4) is 0 Å². The smallest absolute Gasteiger partial charge is 0.371 e. The number of halogens is 4. The lowest BCUT2D eigenvalue weighted by atomic mass is 9.95. The van der Waals surface area contributed by atoms with Crippen LogP contribution in [0.5, 0.6) is 0 Å². The number of carbonyl (C=O) groups excluding carboxylic acids is 1. The van der Waals surface area contributed by atoms with E-state index in [9.17, 15) is 22.4 Å². The van der Waals surface area contributed by atoms with Crippen molar-refractivity contribution in [1.82, 2.24) is 9.88 Å². The largest absolute Gasteiger partial charge is 0.389 e. The number of alkyl halides is 3. The molecule has 0 aliphatic carbocycles. The van der Waals surface area contributed by atoms with Crippen LogP contribution < -0.4 is 0 Å². The summed E-state index contributed by atoms with van der Waals surface area (Å²) in [4.78, 5) is 18.3. The molecule has 156 valence electrons. The zero-order valence-electron chi connectivity index (χ0n) is 15.7. The summed E-state index contributed by atoms with van der Waals surface area (Å²) in [6.45, 7) is 0.377. The van der Waals surface area contributed by atoms with Gasteiger partial charge in [0.2, 0.25) is 5.91 Å². The van der Waals surface area contributed by atoms with Crippen molar-refractivity contribution in [3.05, 3.63) is 65.7 Å². The second kappa shape index (κ2) is 9.35. The Balaban J connectivity index is 1.91. The van der Waals surface area contributed by atoms with E-state index in [2.05, 4.69) is 4.98 Å². The van der Waals surface area contributed by atoms with Gasteiger partial charge in [0.15, 0.2) is 0 Å². The van der Waals surface area contributed by atoms with Crippen molar-refractivity contribution in [2.24, 2.45) is 0 Å². The predicted octanol–water partition coefficient (Wildman–Crippen LogP) is 4.98. The van der Waals surface area contributed by atoms with Crippen LogP contribution in [-0.2, 0) is 9.53 Å².